The molecule has 0 aromatic heterocycles. The molecule has 1 atom stereocenters. The Bertz CT molecular complexity index is 415. The summed E-state index contributed by atoms with van der Waals surface area (Å²) in [6.07, 6.45) is 3.59. The molecule has 2 nitrogen and oxygen atoms in total. The lowest BCUT2D eigenvalue weighted by atomic mass is 10.0. The van der Waals surface area contributed by atoms with Crippen molar-refractivity contribution in [3.8, 4) is 0 Å². The highest BCUT2D eigenvalue weighted by Crippen LogP contribution is 2.19. The number of nitrogens with zero attached hydrogens (tertiary/aromatic N) is 1. The van der Waals surface area contributed by atoms with E-state index in [1.807, 2.05) is 0 Å². The molecule has 1 fully saturated rings. The molecule has 0 N–H and O–H groups in total. The van der Waals surface area contributed by atoms with Crippen molar-refractivity contribution in [2.75, 3.05) is 12.3 Å². The fourth-order valence-corrected chi connectivity index (χ4v) is 3.36. The second-order valence-electron chi connectivity index (χ2n) is 5.41. The highest BCUT2D eigenvalue weighted by molar-refractivity contribution is 7.99. The Morgan fingerprint density at radius 1 is 1.32 bits per heavy atom. The van der Waals surface area contributed by atoms with Gasteiger partial charge in [-0.3, -0.25) is 4.79 Å². The Morgan fingerprint density at radius 2 is 2.05 bits per heavy atom. The average Bonchev–Trinajstić information content (AvgIpc) is 2.41. The Kier molecular flexibility index (Phi) is 5.32. The van der Waals surface area contributed by atoms with Crippen LogP contribution in [-0.2, 0) is 10.5 Å². The topological polar surface area (TPSA) is 20.3 Å². The summed E-state index contributed by atoms with van der Waals surface area (Å²) in [5.41, 5.74) is 2.59. The predicted molar refractivity (Wildman–Crippen MR) is 82.4 cm³/mol. The van der Waals surface area contributed by atoms with Crippen LogP contribution < -0.4 is 0 Å². The van der Waals surface area contributed by atoms with E-state index in [1.54, 1.807) is 11.8 Å². The van der Waals surface area contributed by atoms with Crippen LogP contribution in [0.15, 0.2) is 24.3 Å². The number of hydrogen-bond donors (Lipinski definition) is 0. The maximum Gasteiger partial charge on any atom is 0.232 e. The lowest BCUT2D eigenvalue weighted by Crippen LogP contribution is -2.42. The largest absolute Gasteiger partial charge is 0.339 e. The van der Waals surface area contributed by atoms with Crippen molar-refractivity contribution in [1.29, 1.82) is 0 Å². The molecule has 0 bridgehead atoms. The molecule has 2 rings (SSSR count). The standard InChI is InChI=1S/C16H23NOS/c1-13-6-8-15(9-7-13)11-19-12-16(18)17-10-4-3-5-14(17)2/h6-9,14H,3-5,10-12H2,1-2H3. The van der Waals surface area contributed by atoms with Crippen molar-refractivity contribution in [3.63, 3.8) is 0 Å². The minimum Gasteiger partial charge on any atom is -0.339 e. The van der Waals surface area contributed by atoms with Crippen molar-refractivity contribution in [1.82, 2.24) is 4.90 Å². The highest BCUT2D eigenvalue weighted by atomic mass is 32.2. The van der Waals surface area contributed by atoms with Crippen molar-refractivity contribution in [2.24, 2.45) is 0 Å². The van der Waals surface area contributed by atoms with Crippen LogP contribution in [0.4, 0.5) is 0 Å². The van der Waals surface area contributed by atoms with Gasteiger partial charge < -0.3 is 4.90 Å². The van der Waals surface area contributed by atoms with Gasteiger partial charge in [0.15, 0.2) is 0 Å². The molecule has 1 heterocycles. The Hall–Kier alpha value is -0.960. The first-order chi connectivity index (χ1) is 9.16. The molecule has 1 aromatic rings. The van der Waals surface area contributed by atoms with Crippen LogP contribution in [0.3, 0.4) is 0 Å². The van der Waals surface area contributed by atoms with Gasteiger partial charge in [0.2, 0.25) is 5.91 Å². The van der Waals surface area contributed by atoms with Crippen LogP contribution in [0.25, 0.3) is 0 Å². The summed E-state index contributed by atoms with van der Waals surface area (Å²) in [7, 11) is 0. The minimum absolute atomic E-state index is 0.310. The molecular formula is C16H23NOS. The zero-order valence-corrected chi connectivity index (χ0v) is 12.7. The van der Waals surface area contributed by atoms with Gasteiger partial charge in [0, 0.05) is 18.3 Å². The lowest BCUT2D eigenvalue weighted by molar-refractivity contribution is -0.131. The molecule has 1 amide bonds. The van der Waals surface area contributed by atoms with Gasteiger partial charge in [0.1, 0.15) is 0 Å². The molecule has 1 aliphatic rings. The number of benzene rings is 1. The number of piperidine rings is 1. The van der Waals surface area contributed by atoms with E-state index < -0.39 is 0 Å². The van der Waals surface area contributed by atoms with Gasteiger partial charge >= 0.3 is 0 Å². The molecular weight excluding hydrogens is 254 g/mol. The summed E-state index contributed by atoms with van der Waals surface area (Å²) in [5.74, 6) is 1.84. The molecule has 3 heteroatoms. The number of carbonyl (C=O) groups excluding carboxylic acids is 1. The van der Waals surface area contributed by atoms with E-state index in [2.05, 4.69) is 43.0 Å². The van der Waals surface area contributed by atoms with Gasteiger partial charge in [0.25, 0.3) is 0 Å². The first-order valence-electron chi connectivity index (χ1n) is 7.09. The third-order valence-corrected chi connectivity index (χ3v) is 4.73. The molecule has 104 valence electrons. The summed E-state index contributed by atoms with van der Waals surface area (Å²) in [6, 6.07) is 8.99. The minimum atomic E-state index is 0.310. The van der Waals surface area contributed by atoms with E-state index >= 15 is 0 Å². The summed E-state index contributed by atoms with van der Waals surface area (Å²) >= 11 is 1.72. The van der Waals surface area contributed by atoms with Gasteiger partial charge in [0.05, 0.1) is 5.75 Å². The zero-order valence-electron chi connectivity index (χ0n) is 11.9. The third-order valence-electron chi connectivity index (χ3n) is 3.74. The fourth-order valence-electron chi connectivity index (χ4n) is 2.49. The van der Waals surface area contributed by atoms with Gasteiger partial charge in [-0.1, -0.05) is 29.8 Å². The van der Waals surface area contributed by atoms with E-state index in [-0.39, 0.29) is 0 Å². The fraction of sp³-hybridized carbons (Fsp3) is 0.562. The van der Waals surface area contributed by atoms with E-state index in [1.165, 1.54) is 24.0 Å². The van der Waals surface area contributed by atoms with E-state index in [4.69, 9.17) is 0 Å². The zero-order chi connectivity index (χ0) is 13.7. The van der Waals surface area contributed by atoms with Gasteiger partial charge in [-0.15, -0.1) is 11.8 Å². The molecule has 1 saturated heterocycles. The molecule has 1 aliphatic heterocycles. The number of thioether (sulfide) groups is 1. The average molecular weight is 277 g/mol. The SMILES string of the molecule is Cc1ccc(CSCC(=O)N2CCCCC2C)cc1. The van der Waals surface area contributed by atoms with E-state index in [0.29, 0.717) is 17.7 Å². The summed E-state index contributed by atoms with van der Waals surface area (Å²) < 4.78 is 0. The second-order valence-corrected chi connectivity index (χ2v) is 6.40. The number of amides is 1. The Morgan fingerprint density at radius 3 is 2.74 bits per heavy atom. The van der Waals surface area contributed by atoms with Crippen LogP contribution >= 0.6 is 11.8 Å². The second kappa shape index (κ2) is 6.99. The smallest absolute Gasteiger partial charge is 0.232 e. The predicted octanol–water partition coefficient (Wildman–Crippen LogP) is 3.63. The highest BCUT2D eigenvalue weighted by Gasteiger charge is 2.22. The number of likely N-dealkylation sites (tertiary alicyclic amines) is 1. The first-order valence-corrected chi connectivity index (χ1v) is 8.25. The number of carbonyl (C=O) groups is 1. The number of aryl methyl sites for hydroxylation is 1. The third kappa shape index (κ3) is 4.27. The number of rotatable bonds is 4. The molecule has 19 heavy (non-hydrogen) atoms. The van der Waals surface area contributed by atoms with Crippen molar-refractivity contribution in [2.45, 2.75) is 44.9 Å². The maximum atomic E-state index is 12.2. The van der Waals surface area contributed by atoms with Crippen LogP contribution in [0, 0.1) is 6.92 Å². The van der Waals surface area contributed by atoms with Crippen LogP contribution in [0.1, 0.15) is 37.3 Å². The molecule has 1 unspecified atom stereocenters. The van der Waals surface area contributed by atoms with Gasteiger partial charge in [-0.2, -0.15) is 0 Å². The molecule has 0 radical (unpaired) electrons. The van der Waals surface area contributed by atoms with Crippen molar-refractivity contribution >= 4 is 17.7 Å². The van der Waals surface area contributed by atoms with Crippen molar-refractivity contribution < 1.29 is 4.79 Å². The monoisotopic (exact) mass is 277 g/mol. The van der Waals surface area contributed by atoms with Gasteiger partial charge in [-0.25, -0.2) is 0 Å². The van der Waals surface area contributed by atoms with Gasteiger partial charge in [-0.05, 0) is 38.7 Å². The van der Waals surface area contributed by atoms with Crippen LogP contribution in [0.5, 0.6) is 0 Å². The molecule has 1 aromatic carbocycles. The Labute approximate surface area is 120 Å². The summed E-state index contributed by atoms with van der Waals surface area (Å²) in [6.45, 7) is 5.21. The van der Waals surface area contributed by atoms with Crippen molar-refractivity contribution in [3.05, 3.63) is 35.4 Å². The quantitative estimate of drug-likeness (QED) is 0.837. The lowest BCUT2D eigenvalue weighted by Gasteiger charge is -2.33. The van der Waals surface area contributed by atoms with E-state index in [9.17, 15) is 4.79 Å². The summed E-state index contributed by atoms with van der Waals surface area (Å²) in [5, 5.41) is 0. The molecule has 0 spiro atoms. The Balaban J connectivity index is 1.75. The summed E-state index contributed by atoms with van der Waals surface area (Å²) in [4.78, 5) is 14.2. The number of hydrogen-bond acceptors (Lipinski definition) is 2. The van der Waals surface area contributed by atoms with E-state index in [0.717, 1.165) is 18.7 Å². The normalized spacial score (nSPS) is 19.5. The van der Waals surface area contributed by atoms with Crippen LogP contribution in [0.2, 0.25) is 0 Å². The molecule has 0 saturated carbocycles. The molecule has 0 aliphatic carbocycles. The maximum absolute atomic E-state index is 12.2. The first kappa shape index (κ1) is 14.4. The van der Waals surface area contributed by atoms with Crippen LogP contribution in [-0.4, -0.2) is 29.1 Å².